The molecule has 1 amide bonds. The van der Waals surface area contributed by atoms with Gasteiger partial charge in [-0.1, -0.05) is 23.7 Å². The minimum Gasteiger partial charge on any atom is -0.508 e. The van der Waals surface area contributed by atoms with E-state index in [0.29, 0.717) is 10.6 Å². The van der Waals surface area contributed by atoms with Crippen LogP contribution in [0.2, 0.25) is 5.02 Å². The van der Waals surface area contributed by atoms with Crippen molar-refractivity contribution in [2.24, 2.45) is 0 Å². The molecular weight excluding hydrogens is 314 g/mol. The van der Waals surface area contributed by atoms with Gasteiger partial charge in [-0.3, -0.25) is 4.79 Å². The van der Waals surface area contributed by atoms with Crippen LogP contribution in [0.4, 0.5) is 0 Å². The Morgan fingerprint density at radius 2 is 1.90 bits per heavy atom. The van der Waals surface area contributed by atoms with Gasteiger partial charge in [0.1, 0.15) is 16.7 Å². The van der Waals surface area contributed by atoms with E-state index in [4.69, 9.17) is 11.6 Å². The lowest BCUT2D eigenvalue weighted by molar-refractivity contribution is -0.139. The Kier molecular flexibility index (Phi) is 4.82. The lowest BCUT2D eigenvalue weighted by Gasteiger charge is -2.14. The van der Waals surface area contributed by atoms with Crippen molar-refractivity contribution in [3.8, 4) is 5.75 Å². The van der Waals surface area contributed by atoms with Crippen molar-refractivity contribution in [2.75, 3.05) is 0 Å². The average molecular weight is 326 g/mol. The monoisotopic (exact) mass is 325 g/mol. The Morgan fingerprint density at radius 1 is 1.24 bits per heavy atom. The first-order valence-electron chi connectivity index (χ1n) is 6.02. The lowest BCUT2D eigenvalue weighted by atomic mass is 10.1. The highest BCUT2D eigenvalue weighted by Crippen LogP contribution is 2.22. The summed E-state index contributed by atoms with van der Waals surface area (Å²) in [6, 6.07) is 6.65. The average Bonchev–Trinajstić information content (AvgIpc) is 2.86. The molecule has 1 aromatic carbocycles. The number of carbonyl (C=O) groups is 2. The van der Waals surface area contributed by atoms with Gasteiger partial charge in [0.25, 0.3) is 5.91 Å². The first kappa shape index (κ1) is 15.3. The van der Waals surface area contributed by atoms with E-state index in [2.05, 4.69) is 5.32 Å². The molecule has 21 heavy (non-hydrogen) atoms. The molecule has 0 saturated heterocycles. The molecule has 7 heteroatoms. The summed E-state index contributed by atoms with van der Waals surface area (Å²) in [6.07, 6.45) is 0.115. The molecule has 1 atom stereocenters. The Bertz CT molecular complexity index is 653. The van der Waals surface area contributed by atoms with Gasteiger partial charge in [-0.05, 0) is 29.1 Å². The number of halogens is 1. The van der Waals surface area contributed by atoms with Crippen molar-refractivity contribution in [1.29, 1.82) is 0 Å². The molecule has 0 aliphatic carbocycles. The fourth-order valence-electron chi connectivity index (χ4n) is 1.75. The van der Waals surface area contributed by atoms with Gasteiger partial charge in [-0.15, -0.1) is 11.3 Å². The van der Waals surface area contributed by atoms with Crippen LogP contribution in [-0.4, -0.2) is 28.1 Å². The number of aliphatic carboxylic acids is 1. The zero-order chi connectivity index (χ0) is 15.4. The summed E-state index contributed by atoms with van der Waals surface area (Å²) in [5.74, 6) is -1.55. The van der Waals surface area contributed by atoms with Crippen LogP contribution in [0.1, 0.15) is 15.2 Å². The van der Waals surface area contributed by atoms with Crippen LogP contribution >= 0.6 is 22.9 Å². The maximum atomic E-state index is 12.0. The summed E-state index contributed by atoms with van der Waals surface area (Å²) in [5, 5.41) is 22.8. The van der Waals surface area contributed by atoms with Crippen molar-refractivity contribution in [3.63, 3.8) is 0 Å². The third kappa shape index (κ3) is 3.96. The van der Waals surface area contributed by atoms with Gasteiger partial charge in [0.2, 0.25) is 0 Å². The fourth-order valence-corrected chi connectivity index (χ4v) is 2.79. The Balaban J connectivity index is 2.09. The lowest BCUT2D eigenvalue weighted by Crippen LogP contribution is -2.42. The number of nitrogens with one attached hydrogen (secondary N) is 1. The largest absolute Gasteiger partial charge is 0.508 e. The number of phenols is 1. The van der Waals surface area contributed by atoms with Crippen LogP contribution in [-0.2, 0) is 11.2 Å². The summed E-state index contributed by atoms with van der Waals surface area (Å²) < 4.78 is 0. The minimum absolute atomic E-state index is 0.0972. The molecule has 0 unspecified atom stereocenters. The quantitative estimate of drug-likeness (QED) is 0.788. The fraction of sp³-hybridized carbons (Fsp3) is 0.143. The molecule has 0 spiro atoms. The van der Waals surface area contributed by atoms with Crippen molar-refractivity contribution in [2.45, 2.75) is 12.5 Å². The molecule has 1 heterocycles. The van der Waals surface area contributed by atoms with Crippen molar-refractivity contribution in [3.05, 3.63) is 51.2 Å². The van der Waals surface area contributed by atoms with Gasteiger partial charge in [0.15, 0.2) is 0 Å². The molecule has 3 N–H and O–H groups in total. The van der Waals surface area contributed by atoms with Crippen LogP contribution in [0, 0.1) is 0 Å². The minimum atomic E-state index is -1.14. The van der Waals surface area contributed by atoms with E-state index in [-0.39, 0.29) is 17.0 Å². The van der Waals surface area contributed by atoms with Crippen molar-refractivity contribution >= 4 is 34.8 Å². The number of aromatic hydroxyl groups is 1. The highest BCUT2D eigenvalue weighted by Gasteiger charge is 2.22. The number of carboxylic acid groups (broad SMARTS) is 1. The summed E-state index contributed by atoms with van der Waals surface area (Å²) in [4.78, 5) is 23.6. The van der Waals surface area contributed by atoms with E-state index in [0.717, 1.165) is 11.3 Å². The van der Waals surface area contributed by atoms with E-state index in [1.54, 1.807) is 23.6 Å². The second-order valence-electron chi connectivity index (χ2n) is 4.33. The molecule has 0 aliphatic heterocycles. The number of benzene rings is 1. The first-order chi connectivity index (χ1) is 9.97. The SMILES string of the molecule is O=C(N[C@H](Cc1ccc(O)cc1)C(=O)O)c1sccc1Cl. The molecule has 110 valence electrons. The Hall–Kier alpha value is -2.05. The van der Waals surface area contributed by atoms with Gasteiger partial charge >= 0.3 is 5.97 Å². The number of hydrogen-bond acceptors (Lipinski definition) is 4. The summed E-state index contributed by atoms with van der Waals surface area (Å²) in [6.45, 7) is 0. The molecule has 2 aromatic rings. The van der Waals surface area contributed by atoms with E-state index in [9.17, 15) is 19.8 Å². The highest BCUT2D eigenvalue weighted by molar-refractivity contribution is 7.12. The second kappa shape index (κ2) is 6.60. The van der Waals surface area contributed by atoms with Gasteiger partial charge in [0, 0.05) is 6.42 Å². The number of rotatable bonds is 5. The van der Waals surface area contributed by atoms with Crippen LogP contribution in [0.5, 0.6) is 5.75 Å². The van der Waals surface area contributed by atoms with Crippen molar-refractivity contribution in [1.82, 2.24) is 5.32 Å². The summed E-state index contributed by atoms with van der Waals surface area (Å²) in [5.41, 5.74) is 0.692. The maximum Gasteiger partial charge on any atom is 0.326 e. The number of phenolic OH excluding ortho intramolecular Hbond substituents is 1. The standard InChI is InChI=1S/C14H12ClNO4S/c15-10-5-6-21-12(10)13(18)16-11(14(19)20)7-8-1-3-9(17)4-2-8/h1-6,11,17H,7H2,(H,16,18)(H,19,20)/t11-/m1/s1. The molecule has 0 saturated carbocycles. The zero-order valence-corrected chi connectivity index (χ0v) is 12.3. The molecule has 2 rings (SSSR count). The highest BCUT2D eigenvalue weighted by atomic mass is 35.5. The van der Waals surface area contributed by atoms with Crippen LogP contribution in [0.3, 0.4) is 0 Å². The number of carbonyl (C=O) groups excluding carboxylic acids is 1. The molecule has 0 fully saturated rings. The molecule has 0 aliphatic rings. The van der Waals surface area contributed by atoms with Crippen LogP contribution in [0.25, 0.3) is 0 Å². The smallest absolute Gasteiger partial charge is 0.326 e. The zero-order valence-electron chi connectivity index (χ0n) is 10.7. The van der Waals surface area contributed by atoms with Gasteiger partial charge in [0.05, 0.1) is 5.02 Å². The number of amides is 1. The topological polar surface area (TPSA) is 86.6 Å². The molecule has 0 radical (unpaired) electrons. The maximum absolute atomic E-state index is 12.0. The number of hydrogen-bond donors (Lipinski definition) is 3. The third-order valence-electron chi connectivity index (χ3n) is 2.80. The van der Waals surface area contributed by atoms with E-state index >= 15 is 0 Å². The third-order valence-corrected chi connectivity index (χ3v) is 4.14. The first-order valence-corrected chi connectivity index (χ1v) is 7.27. The second-order valence-corrected chi connectivity index (χ2v) is 5.66. The predicted octanol–water partition coefficient (Wildman–Crippen LogP) is 2.53. The Labute approximate surface area is 129 Å². The summed E-state index contributed by atoms with van der Waals surface area (Å²) >= 11 is 7.00. The summed E-state index contributed by atoms with van der Waals surface area (Å²) in [7, 11) is 0. The van der Waals surface area contributed by atoms with E-state index < -0.39 is 17.9 Å². The number of carboxylic acids is 1. The van der Waals surface area contributed by atoms with E-state index in [1.165, 1.54) is 12.1 Å². The Morgan fingerprint density at radius 3 is 2.43 bits per heavy atom. The molecule has 0 bridgehead atoms. The van der Waals surface area contributed by atoms with E-state index in [1.807, 2.05) is 0 Å². The molecule has 5 nitrogen and oxygen atoms in total. The van der Waals surface area contributed by atoms with Gasteiger partial charge in [-0.2, -0.15) is 0 Å². The molecular formula is C14H12ClNO4S. The normalized spacial score (nSPS) is 11.9. The predicted molar refractivity (Wildman–Crippen MR) is 80.0 cm³/mol. The van der Waals surface area contributed by atoms with Crippen LogP contribution in [0.15, 0.2) is 35.7 Å². The van der Waals surface area contributed by atoms with Gasteiger partial charge < -0.3 is 15.5 Å². The van der Waals surface area contributed by atoms with Crippen molar-refractivity contribution < 1.29 is 19.8 Å². The van der Waals surface area contributed by atoms with Gasteiger partial charge in [-0.25, -0.2) is 4.79 Å². The van der Waals surface area contributed by atoms with Crippen LogP contribution < -0.4 is 5.32 Å². The molecule has 1 aromatic heterocycles. The number of thiophene rings is 1.